The summed E-state index contributed by atoms with van der Waals surface area (Å²) in [5.74, 6) is -1.12. The van der Waals surface area contributed by atoms with E-state index in [-0.39, 0.29) is 12.9 Å². The Hall–Kier alpha value is -1.02. The van der Waals surface area contributed by atoms with Crippen LogP contribution in [0.2, 0.25) is 0 Å². The lowest BCUT2D eigenvalue weighted by Gasteiger charge is -2.22. The molecule has 0 heterocycles. The van der Waals surface area contributed by atoms with Gasteiger partial charge in [-0.25, -0.2) is 4.79 Å². The van der Waals surface area contributed by atoms with Crippen LogP contribution < -0.4 is 0 Å². The molecule has 0 bridgehead atoms. The Bertz CT molecular complexity index is 230. The van der Waals surface area contributed by atoms with E-state index >= 15 is 0 Å². The maximum atomic E-state index is 11.0. The van der Waals surface area contributed by atoms with Crippen LogP contribution in [0.1, 0.15) is 13.3 Å². The number of rotatable bonds is 7. The molecule has 7 nitrogen and oxygen atoms in total. The van der Waals surface area contributed by atoms with Crippen molar-refractivity contribution in [2.45, 2.75) is 37.8 Å². The average Bonchev–Trinajstić information content (AvgIpc) is 2.31. The van der Waals surface area contributed by atoms with Crippen LogP contribution in [0, 0.1) is 0 Å². The Morgan fingerprint density at radius 3 is 2.25 bits per heavy atom. The minimum Gasteiger partial charge on any atom is -0.464 e. The zero-order chi connectivity index (χ0) is 12.7. The van der Waals surface area contributed by atoms with Gasteiger partial charge >= 0.3 is 5.97 Å². The number of hydrogen-bond acceptors (Lipinski definition) is 7. The predicted molar refractivity (Wildman–Crippen MR) is 51.3 cm³/mol. The first-order chi connectivity index (χ1) is 7.45. The van der Waals surface area contributed by atoms with Gasteiger partial charge in [-0.2, -0.15) is 0 Å². The second-order valence-electron chi connectivity index (χ2n) is 3.22. The minimum atomic E-state index is -2.00. The van der Waals surface area contributed by atoms with E-state index in [1.54, 1.807) is 6.92 Å². The molecular weight excluding hydrogens is 220 g/mol. The quantitative estimate of drug-likeness (QED) is 0.286. The second kappa shape index (κ2) is 7.29. The summed E-state index contributed by atoms with van der Waals surface area (Å²) in [6.07, 6.45) is -7.28. The van der Waals surface area contributed by atoms with Gasteiger partial charge in [0.15, 0.2) is 12.4 Å². The number of carbonyl (C=O) groups excluding carboxylic acids is 2. The number of carbonyl (C=O) groups is 2. The van der Waals surface area contributed by atoms with Gasteiger partial charge in [-0.15, -0.1) is 0 Å². The van der Waals surface area contributed by atoms with Gasteiger partial charge in [0.1, 0.15) is 18.3 Å². The molecule has 0 aromatic heterocycles. The van der Waals surface area contributed by atoms with E-state index < -0.39 is 30.4 Å². The maximum absolute atomic E-state index is 11.0. The zero-order valence-electron chi connectivity index (χ0n) is 8.81. The molecule has 4 N–H and O–H groups in total. The van der Waals surface area contributed by atoms with Crippen molar-refractivity contribution < 1.29 is 34.8 Å². The summed E-state index contributed by atoms with van der Waals surface area (Å²) in [6, 6.07) is 0. The molecule has 0 saturated carbocycles. The summed E-state index contributed by atoms with van der Waals surface area (Å²) in [6.45, 7) is 1.80. The van der Waals surface area contributed by atoms with Gasteiger partial charge in [-0.3, -0.25) is 0 Å². The molecule has 0 saturated heterocycles. The number of aldehydes is 1. The van der Waals surface area contributed by atoms with Crippen LogP contribution in [0.3, 0.4) is 0 Å². The van der Waals surface area contributed by atoms with E-state index in [4.69, 9.17) is 10.2 Å². The summed E-state index contributed by atoms with van der Waals surface area (Å²) in [7, 11) is 0. The van der Waals surface area contributed by atoms with E-state index in [2.05, 4.69) is 4.74 Å². The van der Waals surface area contributed by atoms with Crippen LogP contribution in [0.15, 0.2) is 0 Å². The van der Waals surface area contributed by atoms with Crippen LogP contribution in [0.4, 0.5) is 0 Å². The monoisotopic (exact) mass is 236 g/mol. The van der Waals surface area contributed by atoms with Gasteiger partial charge in [0.25, 0.3) is 0 Å². The van der Waals surface area contributed by atoms with Gasteiger partial charge < -0.3 is 30.0 Å². The lowest BCUT2D eigenvalue weighted by Crippen LogP contribution is -2.48. The van der Waals surface area contributed by atoms with Gasteiger partial charge in [0, 0.05) is 0 Å². The van der Waals surface area contributed by atoms with Crippen molar-refractivity contribution in [1.29, 1.82) is 0 Å². The Morgan fingerprint density at radius 2 is 1.81 bits per heavy atom. The van der Waals surface area contributed by atoms with Gasteiger partial charge in [0.2, 0.25) is 0 Å². The van der Waals surface area contributed by atoms with Crippen molar-refractivity contribution in [1.82, 2.24) is 0 Å². The van der Waals surface area contributed by atoms with E-state index in [1.165, 1.54) is 0 Å². The minimum absolute atomic E-state index is 0.0159. The van der Waals surface area contributed by atoms with E-state index in [0.29, 0.717) is 6.42 Å². The summed E-state index contributed by atoms with van der Waals surface area (Å²) < 4.78 is 4.51. The van der Waals surface area contributed by atoms with Crippen LogP contribution in [0.25, 0.3) is 0 Å². The lowest BCUT2D eigenvalue weighted by molar-refractivity contribution is -0.169. The highest BCUT2D eigenvalue weighted by molar-refractivity contribution is 5.75. The van der Waals surface area contributed by atoms with Crippen molar-refractivity contribution in [3.05, 3.63) is 0 Å². The molecule has 94 valence electrons. The molecule has 0 radical (unpaired) electrons. The zero-order valence-corrected chi connectivity index (χ0v) is 8.81. The van der Waals surface area contributed by atoms with Crippen LogP contribution in [-0.4, -0.2) is 63.7 Å². The molecule has 16 heavy (non-hydrogen) atoms. The fourth-order valence-electron chi connectivity index (χ4n) is 0.897. The van der Waals surface area contributed by atoms with E-state index in [0.717, 1.165) is 0 Å². The summed E-state index contributed by atoms with van der Waals surface area (Å²) >= 11 is 0. The van der Waals surface area contributed by atoms with Crippen molar-refractivity contribution in [2.24, 2.45) is 0 Å². The van der Waals surface area contributed by atoms with Crippen molar-refractivity contribution in [3.8, 4) is 0 Å². The number of aliphatic hydroxyl groups is 4. The fraction of sp³-hybridized carbons (Fsp3) is 0.778. The third kappa shape index (κ3) is 4.23. The summed E-state index contributed by atoms with van der Waals surface area (Å²) in [5.41, 5.74) is 0. The summed E-state index contributed by atoms with van der Waals surface area (Å²) in [5, 5.41) is 36.4. The molecule has 0 rings (SSSR count). The molecular formula is C9H16O7. The molecule has 0 aromatic rings. The van der Waals surface area contributed by atoms with Crippen molar-refractivity contribution >= 4 is 12.3 Å². The Balaban J connectivity index is 4.30. The number of esters is 1. The second-order valence-corrected chi connectivity index (χ2v) is 3.22. The highest BCUT2D eigenvalue weighted by Crippen LogP contribution is 2.05. The van der Waals surface area contributed by atoms with Gasteiger partial charge in [-0.05, 0) is 6.42 Å². The van der Waals surface area contributed by atoms with Gasteiger partial charge in [-0.1, -0.05) is 6.92 Å². The highest BCUT2D eigenvalue weighted by Gasteiger charge is 2.35. The molecule has 7 heteroatoms. The van der Waals surface area contributed by atoms with Crippen LogP contribution in [-0.2, 0) is 14.3 Å². The third-order valence-electron chi connectivity index (χ3n) is 1.85. The third-order valence-corrected chi connectivity index (χ3v) is 1.85. The molecule has 0 aliphatic rings. The van der Waals surface area contributed by atoms with Gasteiger partial charge in [0.05, 0.1) is 6.61 Å². The fourth-order valence-corrected chi connectivity index (χ4v) is 0.897. The average molecular weight is 236 g/mol. The molecule has 0 amide bonds. The number of hydrogen-bond donors (Lipinski definition) is 4. The Kier molecular flexibility index (Phi) is 6.82. The molecule has 4 atom stereocenters. The SMILES string of the molecule is CCCOC(=O)[C@@H](O)[C@@H](O)[C@H](O)[C@H](O)C=O. The normalized spacial score (nSPS) is 18.3. The summed E-state index contributed by atoms with van der Waals surface area (Å²) in [4.78, 5) is 21.1. The first-order valence-electron chi connectivity index (χ1n) is 4.79. The predicted octanol–water partition coefficient (Wildman–Crippen LogP) is -2.42. The Morgan fingerprint density at radius 1 is 1.25 bits per heavy atom. The number of ether oxygens (including phenoxy) is 1. The molecule has 0 fully saturated rings. The van der Waals surface area contributed by atoms with Crippen LogP contribution in [0.5, 0.6) is 0 Å². The van der Waals surface area contributed by atoms with Crippen molar-refractivity contribution in [2.75, 3.05) is 6.61 Å². The number of aliphatic hydroxyl groups excluding tert-OH is 4. The Labute approximate surface area is 92.3 Å². The van der Waals surface area contributed by atoms with E-state index in [1.807, 2.05) is 0 Å². The standard InChI is InChI=1S/C9H16O7/c1-2-3-16-9(15)8(14)7(13)6(12)5(11)4-10/h4-8,11-14H,2-3H2,1H3/t5-,6-,7+,8+/m1/s1. The lowest BCUT2D eigenvalue weighted by atomic mass is 10.0. The first-order valence-corrected chi connectivity index (χ1v) is 4.79. The molecule has 0 spiro atoms. The van der Waals surface area contributed by atoms with Crippen molar-refractivity contribution in [3.63, 3.8) is 0 Å². The maximum Gasteiger partial charge on any atom is 0.337 e. The molecule has 0 aliphatic carbocycles. The molecule has 0 aliphatic heterocycles. The first kappa shape index (κ1) is 15.0. The largest absolute Gasteiger partial charge is 0.464 e. The smallest absolute Gasteiger partial charge is 0.337 e. The van der Waals surface area contributed by atoms with E-state index in [9.17, 15) is 19.8 Å². The topological polar surface area (TPSA) is 124 Å². The molecule has 0 unspecified atom stereocenters. The molecule has 0 aromatic carbocycles. The highest BCUT2D eigenvalue weighted by atomic mass is 16.5. The van der Waals surface area contributed by atoms with Crippen LogP contribution >= 0.6 is 0 Å².